The van der Waals surface area contributed by atoms with Crippen LogP contribution in [-0.2, 0) is 4.79 Å². The minimum atomic E-state index is -0.202. The molecule has 0 heterocycles. The second kappa shape index (κ2) is 10.2. The summed E-state index contributed by atoms with van der Waals surface area (Å²) in [4.78, 5) is 25.4. The van der Waals surface area contributed by atoms with Crippen molar-refractivity contribution in [2.75, 3.05) is 18.2 Å². The molecular formula is C20H23ClN2O3S. The predicted molar refractivity (Wildman–Crippen MR) is 111 cm³/mol. The highest BCUT2D eigenvalue weighted by Gasteiger charge is 2.12. The molecule has 7 heteroatoms. The Labute approximate surface area is 168 Å². The zero-order valence-corrected chi connectivity index (χ0v) is 17.1. The summed E-state index contributed by atoms with van der Waals surface area (Å²) in [5.74, 6) is 1.07. The summed E-state index contributed by atoms with van der Waals surface area (Å²) in [6.07, 6.45) is 0.329. The van der Waals surface area contributed by atoms with Gasteiger partial charge in [0.05, 0.1) is 17.8 Å². The van der Waals surface area contributed by atoms with E-state index >= 15 is 0 Å². The van der Waals surface area contributed by atoms with Crippen LogP contribution in [0.15, 0.2) is 47.4 Å². The van der Waals surface area contributed by atoms with Crippen LogP contribution < -0.4 is 15.4 Å². The van der Waals surface area contributed by atoms with Crippen LogP contribution in [0.4, 0.5) is 5.69 Å². The van der Waals surface area contributed by atoms with Crippen molar-refractivity contribution < 1.29 is 14.3 Å². The molecule has 5 nitrogen and oxygen atoms in total. The lowest BCUT2D eigenvalue weighted by Crippen LogP contribution is -2.30. The summed E-state index contributed by atoms with van der Waals surface area (Å²) in [5.41, 5.74) is 0.892. The van der Waals surface area contributed by atoms with Crippen molar-refractivity contribution in [3.05, 3.63) is 53.1 Å². The Kier molecular flexibility index (Phi) is 8.00. The highest BCUT2D eigenvalue weighted by molar-refractivity contribution is 7.99. The molecule has 2 aromatic rings. The third-order valence-corrected chi connectivity index (χ3v) is 4.92. The number of benzene rings is 2. The second-order valence-corrected chi connectivity index (χ2v) is 7.72. The van der Waals surface area contributed by atoms with Crippen molar-refractivity contribution in [3.8, 4) is 5.75 Å². The number of ether oxygens (including phenoxy) is 1. The zero-order valence-electron chi connectivity index (χ0n) is 15.5. The molecule has 0 aliphatic heterocycles. The SMILES string of the molecule is COc1ccc(SCCC(=O)Nc2cc(C(=O)NC(C)C)ccc2Cl)cc1. The molecule has 0 radical (unpaired) electrons. The number of nitrogens with one attached hydrogen (secondary N) is 2. The predicted octanol–water partition coefficient (Wildman–Crippen LogP) is 4.61. The molecule has 0 fully saturated rings. The van der Waals surface area contributed by atoms with Crippen molar-refractivity contribution in [2.45, 2.75) is 31.2 Å². The zero-order chi connectivity index (χ0) is 19.8. The monoisotopic (exact) mass is 406 g/mol. The normalized spacial score (nSPS) is 10.6. The lowest BCUT2D eigenvalue weighted by molar-refractivity contribution is -0.115. The molecule has 2 amide bonds. The van der Waals surface area contributed by atoms with Crippen molar-refractivity contribution in [1.29, 1.82) is 0 Å². The molecule has 0 spiro atoms. The Morgan fingerprint density at radius 3 is 2.48 bits per heavy atom. The first-order valence-corrected chi connectivity index (χ1v) is 9.92. The van der Waals surface area contributed by atoms with E-state index < -0.39 is 0 Å². The molecule has 2 N–H and O–H groups in total. The van der Waals surface area contributed by atoms with E-state index in [1.54, 1.807) is 37.1 Å². The third-order valence-electron chi connectivity index (χ3n) is 3.58. The number of hydrogen-bond acceptors (Lipinski definition) is 4. The lowest BCUT2D eigenvalue weighted by atomic mass is 10.1. The van der Waals surface area contributed by atoms with Crippen LogP contribution in [-0.4, -0.2) is 30.7 Å². The summed E-state index contributed by atoms with van der Waals surface area (Å²) in [7, 11) is 1.62. The maximum atomic E-state index is 12.2. The van der Waals surface area contributed by atoms with E-state index in [1.807, 2.05) is 38.1 Å². The highest BCUT2D eigenvalue weighted by atomic mass is 35.5. The molecule has 0 saturated carbocycles. The molecule has 2 aromatic carbocycles. The van der Waals surface area contributed by atoms with Gasteiger partial charge in [0.1, 0.15) is 5.75 Å². The molecule has 2 rings (SSSR count). The highest BCUT2D eigenvalue weighted by Crippen LogP contribution is 2.25. The van der Waals surface area contributed by atoms with Crippen LogP contribution in [0.3, 0.4) is 0 Å². The number of carbonyl (C=O) groups is 2. The van der Waals surface area contributed by atoms with Gasteiger partial charge in [-0.2, -0.15) is 0 Å². The van der Waals surface area contributed by atoms with Crippen LogP contribution in [0, 0.1) is 0 Å². The number of carbonyl (C=O) groups excluding carboxylic acids is 2. The van der Waals surface area contributed by atoms with E-state index in [-0.39, 0.29) is 17.9 Å². The molecule has 0 aromatic heterocycles. The van der Waals surface area contributed by atoms with Crippen LogP contribution in [0.25, 0.3) is 0 Å². The van der Waals surface area contributed by atoms with E-state index in [0.29, 0.717) is 28.4 Å². The molecule has 144 valence electrons. The van der Waals surface area contributed by atoms with Crippen molar-refractivity contribution in [2.24, 2.45) is 0 Å². The Morgan fingerprint density at radius 1 is 1.15 bits per heavy atom. The average Bonchev–Trinajstić information content (AvgIpc) is 2.63. The Morgan fingerprint density at radius 2 is 1.85 bits per heavy atom. The van der Waals surface area contributed by atoms with Gasteiger partial charge in [-0.15, -0.1) is 11.8 Å². The first-order chi connectivity index (χ1) is 12.9. The van der Waals surface area contributed by atoms with Crippen molar-refractivity contribution in [1.82, 2.24) is 5.32 Å². The number of anilines is 1. The van der Waals surface area contributed by atoms with E-state index in [1.165, 1.54) is 0 Å². The minimum absolute atomic E-state index is 0.0289. The van der Waals surface area contributed by atoms with Crippen LogP contribution in [0.1, 0.15) is 30.6 Å². The van der Waals surface area contributed by atoms with Gasteiger partial charge in [-0.05, 0) is 56.3 Å². The summed E-state index contributed by atoms with van der Waals surface area (Å²) >= 11 is 7.73. The lowest BCUT2D eigenvalue weighted by Gasteiger charge is -2.11. The van der Waals surface area contributed by atoms with E-state index in [2.05, 4.69) is 10.6 Å². The number of halogens is 1. The quantitative estimate of drug-likeness (QED) is 0.628. The first-order valence-electron chi connectivity index (χ1n) is 8.56. The fraction of sp³-hybridized carbons (Fsp3) is 0.300. The van der Waals surface area contributed by atoms with E-state index in [4.69, 9.17) is 16.3 Å². The molecule has 0 aliphatic carbocycles. The van der Waals surface area contributed by atoms with Crippen molar-refractivity contribution in [3.63, 3.8) is 0 Å². The molecule has 27 heavy (non-hydrogen) atoms. The van der Waals surface area contributed by atoms with Crippen molar-refractivity contribution >= 4 is 40.9 Å². The van der Waals surface area contributed by atoms with Gasteiger partial charge in [0.25, 0.3) is 5.91 Å². The van der Waals surface area contributed by atoms with Gasteiger partial charge >= 0.3 is 0 Å². The van der Waals surface area contributed by atoms with Gasteiger partial charge in [0.2, 0.25) is 5.91 Å². The molecular weight excluding hydrogens is 384 g/mol. The largest absolute Gasteiger partial charge is 0.497 e. The number of amides is 2. The number of methoxy groups -OCH3 is 1. The fourth-order valence-corrected chi connectivity index (χ4v) is 3.27. The smallest absolute Gasteiger partial charge is 0.251 e. The number of hydrogen-bond donors (Lipinski definition) is 2. The fourth-order valence-electron chi connectivity index (χ4n) is 2.25. The average molecular weight is 407 g/mol. The summed E-state index contributed by atoms with van der Waals surface area (Å²) < 4.78 is 5.12. The summed E-state index contributed by atoms with van der Waals surface area (Å²) in [5, 5.41) is 5.99. The summed E-state index contributed by atoms with van der Waals surface area (Å²) in [6.45, 7) is 3.77. The Bertz CT molecular complexity index is 794. The van der Waals surface area contributed by atoms with Gasteiger partial charge in [-0.25, -0.2) is 0 Å². The Balaban J connectivity index is 1.89. The standard InChI is InChI=1S/C20H23ClN2O3S/c1-13(2)22-20(25)14-4-9-17(21)18(12-14)23-19(24)10-11-27-16-7-5-15(26-3)6-8-16/h4-9,12-13H,10-11H2,1-3H3,(H,22,25)(H,23,24). The summed E-state index contributed by atoms with van der Waals surface area (Å²) in [6, 6.07) is 12.5. The van der Waals surface area contributed by atoms with Crippen LogP contribution >= 0.6 is 23.4 Å². The first kappa shape index (κ1) is 21.1. The van der Waals surface area contributed by atoms with Crippen LogP contribution in [0.2, 0.25) is 5.02 Å². The third kappa shape index (κ3) is 6.81. The van der Waals surface area contributed by atoms with Gasteiger partial charge in [-0.1, -0.05) is 11.6 Å². The number of thioether (sulfide) groups is 1. The van der Waals surface area contributed by atoms with Gasteiger partial charge in [0.15, 0.2) is 0 Å². The van der Waals surface area contributed by atoms with Gasteiger partial charge < -0.3 is 15.4 Å². The number of rotatable bonds is 8. The maximum absolute atomic E-state index is 12.2. The maximum Gasteiger partial charge on any atom is 0.251 e. The van der Waals surface area contributed by atoms with Gasteiger partial charge in [-0.3, -0.25) is 9.59 Å². The minimum Gasteiger partial charge on any atom is -0.497 e. The van der Waals surface area contributed by atoms with Gasteiger partial charge in [0, 0.05) is 28.7 Å². The molecule has 0 aliphatic rings. The second-order valence-electron chi connectivity index (χ2n) is 6.14. The van der Waals surface area contributed by atoms with E-state index in [9.17, 15) is 9.59 Å². The van der Waals surface area contributed by atoms with E-state index in [0.717, 1.165) is 10.6 Å². The molecule has 0 atom stereocenters. The van der Waals surface area contributed by atoms with Crippen LogP contribution in [0.5, 0.6) is 5.75 Å². The molecule has 0 bridgehead atoms. The molecule has 0 saturated heterocycles. The Hall–Kier alpha value is -2.18. The topological polar surface area (TPSA) is 67.4 Å². The molecule has 0 unspecified atom stereocenters.